The van der Waals surface area contributed by atoms with E-state index in [9.17, 15) is 13.2 Å². The van der Waals surface area contributed by atoms with Crippen LogP contribution in [0.1, 0.15) is 19.3 Å². The molecule has 1 saturated heterocycles. The number of nitrogens with zero attached hydrogens (tertiary/aromatic N) is 1. The fraction of sp³-hybridized carbons (Fsp3) is 0.417. The highest BCUT2D eigenvalue weighted by atomic mass is 35.5. The van der Waals surface area contributed by atoms with Gasteiger partial charge in [0.25, 0.3) is 0 Å². The largest absolute Gasteiger partial charge is 0.480 e. The molecule has 1 fully saturated rings. The fourth-order valence-corrected chi connectivity index (χ4v) is 4.07. The number of carbonyl (C=O) groups is 1. The number of carboxylic acid groups (broad SMARTS) is 1. The zero-order valence-corrected chi connectivity index (χ0v) is 13.2. The van der Waals surface area contributed by atoms with Crippen molar-refractivity contribution in [2.45, 2.75) is 25.3 Å². The van der Waals surface area contributed by atoms with Crippen molar-refractivity contribution in [1.29, 1.82) is 0 Å². The van der Waals surface area contributed by atoms with Crippen molar-refractivity contribution >= 4 is 45.1 Å². The maximum Gasteiger partial charge on any atom is 0.322 e. The molecule has 1 aliphatic rings. The van der Waals surface area contributed by atoms with Gasteiger partial charge < -0.3 is 5.11 Å². The number of halogens is 2. The molecule has 1 unspecified atom stereocenters. The lowest BCUT2D eigenvalue weighted by atomic mass is 10.1. The molecule has 0 saturated carbocycles. The molecule has 116 valence electrons. The van der Waals surface area contributed by atoms with E-state index >= 15 is 0 Å². The lowest BCUT2D eigenvalue weighted by Crippen LogP contribution is -2.49. The highest BCUT2D eigenvalue weighted by Gasteiger charge is 2.37. The first kappa shape index (κ1) is 16.4. The van der Waals surface area contributed by atoms with Gasteiger partial charge in [-0.05, 0) is 37.5 Å². The average molecular weight is 353 g/mol. The fourth-order valence-electron chi connectivity index (χ4n) is 2.21. The number of rotatable bonds is 4. The van der Waals surface area contributed by atoms with Gasteiger partial charge in [0.1, 0.15) is 6.04 Å². The van der Waals surface area contributed by atoms with Crippen molar-refractivity contribution in [3.8, 4) is 0 Å². The molecule has 6 nitrogen and oxygen atoms in total. The van der Waals surface area contributed by atoms with Crippen LogP contribution in [0.4, 0.5) is 5.69 Å². The van der Waals surface area contributed by atoms with Gasteiger partial charge in [-0.1, -0.05) is 23.2 Å². The van der Waals surface area contributed by atoms with Crippen molar-refractivity contribution < 1.29 is 18.3 Å². The molecule has 1 aromatic rings. The van der Waals surface area contributed by atoms with Crippen molar-refractivity contribution in [1.82, 2.24) is 4.31 Å². The van der Waals surface area contributed by atoms with Crippen LogP contribution in [-0.4, -0.2) is 36.4 Å². The summed E-state index contributed by atoms with van der Waals surface area (Å²) in [6, 6.07) is 3.31. The van der Waals surface area contributed by atoms with Crippen LogP contribution in [0.25, 0.3) is 0 Å². The van der Waals surface area contributed by atoms with E-state index in [-0.39, 0.29) is 17.3 Å². The van der Waals surface area contributed by atoms with Crippen LogP contribution in [0.3, 0.4) is 0 Å². The summed E-state index contributed by atoms with van der Waals surface area (Å²) in [6.07, 6.45) is 1.59. The molecule has 0 bridgehead atoms. The zero-order chi connectivity index (χ0) is 15.6. The van der Waals surface area contributed by atoms with Crippen molar-refractivity contribution in [2.24, 2.45) is 0 Å². The average Bonchev–Trinajstić information content (AvgIpc) is 2.42. The lowest BCUT2D eigenvalue weighted by molar-refractivity contribution is -0.142. The van der Waals surface area contributed by atoms with Gasteiger partial charge in [0, 0.05) is 11.6 Å². The minimum atomic E-state index is -4.01. The van der Waals surface area contributed by atoms with Crippen LogP contribution >= 0.6 is 23.2 Å². The SMILES string of the molecule is O=C(O)C1CCCCN1S(=O)(=O)Nc1cc(Cl)ccc1Cl. The first-order valence-electron chi connectivity index (χ1n) is 6.29. The Labute approximate surface area is 132 Å². The predicted octanol–water partition coefficient (Wildman–Crippen LogP) is 2.59. The maximum atomic E-state index is 12.4. The van der Waals surface area contributed by atoms with Gasteiger partial charge >= 0.3 is 16.2 Å². The van der Waals surface area contributed by atoms with E-state index in [0.717, 1.165) is 4.31 Å². The van der Waals surface area contributed by atoms with Gasteiger partial charge in [-0.2, -0.15) is 12.7 Å². The van der Waals surface area contributed by atoms with Crippen LogP contribution in [0.5, 0.6) is 0 Å². The second kappa shape index (κ2) is 6.39. The molecule has 1 aromatic carbocycles. The summed E-state index contributed by atoms with van der Waals surface area (Å²) in [7, 11) is -4.01. The highest BCUT2D eigenvalue weighted by molar-refractivity contribution is 7.90. The van der Waals surface area contributed by atoms with E-state index in [1.807, 2.05) is 0 Å². The van der Waals surface area contributed by atoms with E-state index in [1.54, 1.807) is 0 Å². The molecular formula is C12H14Cl2N2O4S. The van der Waals surface area contributed by atoms with Gasteiger partial charge in [0.05, 0.1) is 10.7 Å². The number of anilines is 1. The van der Waals surface area contributed by atoms with E-state index in [4.69, 9.17) is 28.3 Å². The molecule has 1 aliphatic heterocycles. The molecule has 0 spiro atoms. The number of hydrogen-bond donors (Lipinski definition) is 2. The highest BCUT2D eigenvalue weighted by Crippen LogP contribution is 2.28. The quantitative estimate of drug-likeness (QED) is 0.871. The first-order chi connectivity index (χ1) is 9.81. The molecule has 2 N–H and O–H groups in total. The van der Waals surface area contributed by atoms with Crippen LogP contribution in [0, 0.1) is 0 Å². The number of aliphatic carboxylic acids is 1. The second-order valence-corrected chi connectivity index (χ2v) is 7.16. The molecular weight excluding hydrogens is 339 g/mol. The summed E-state index contributed by atoms with van der Waals surface area (Å²) < 4.78 is 28.0. The molecule has 2 rings (SSSR count). The van der Waals surface area contributed by atoms with Crippen molar-refractivity contribution in [3.05, 3.63) is 28.2 Å². The zero-order valence-electron chi connectivity index (χ0n) is 10.9. The first-order valence-corrected chi connectivity index (χ1v) is 8.48. The third-order valence-corrected chi connectivity index (χ3v) is 5.31. The van der Waals surface area contributed by atoms with Crippen molar-refractivity contribution in [2.75, 3.05) is 11.3 Å². The normalized spacial score (nSPS) is 20.2. The van der Waals surface area contributed by atoms with Gasteiger partial charge in [-0.25, -0.2) is 0 Å². The standard InChI is InChI=1S/C12H14Cl2N2O4S/c13-8-4-5-9(14)10(7-8)15-21(19,20)16-6-2-1-3-11(16)12(17)18/h4-5,7,11,15H,1-3,6H2,(H,17,18). The molecule has 21 heavy (non-hydrogen) atoms. The molecule has 1 heterocycles. The molecule has 1 atom stereocenters. The summed E-state index contributed by atoms with van der Waals surface area (Å²) in [5.74, 6) is -1.16. The summed E-state index contributed by atoms with van der Waals surface area (Å²) in [5, 5.41) is 9.67. The van der Waals surface area contributed by atoms with Crippen LogP contribution in [-0.2, 0) is 15.0 Å². The molecule has 0 aromatic heterocycles. The summed E-state index contributed by atoms with van der Waals surface area (Å²) in [4.78, 5) is 11.2. The number of carboxylic acids is 1. The minimum Gasteiger partial charge on any atom is -0.480 e. The molecule has 0 radical (unpaired) electrons. The Balaban J connectivity index is 2.28. The van der Waals surface area contributed by atoms with Gasteiger partial charge in [-0.3, -0.25) is 9.52 Å². The van der Waals surface area contributed by atoms with Crippen molar-refractivity contribution in [3.63, 3.8) is 0 Å². The molecule has 0 aliphatic carbocycles. The summed E-state index contributed by atoms with van der Waals surface area (Å²) >= 11 is 11.7. The van der Waals surface area contributed by atoms with Gasteiger partial charge in [-0.15, -0.1) is 0 Å². The topological polar surface area (TPSA) is 86.7 Å². The van der Waals surface area contributed by atoms with E-state index in [2.05, 4.69) is 4.72 Å². The number of benzene rings is 1. The molecule has 0 amide bonds. The Morgan fingerprint density at radius 3 is 2.71 bits per heavy atom. The third-order valence-electron chi connectivity index (χ3n) is 3.21. The lowest BCUT2D eigenvalue weighted by Gasteiger charge is -2.32. The number of hydrogen-bond acceptors (Lipinski definition) is 3. The number of nitrogens with one attached hydrogen (secondary N) is 1. The van der Waals surface area contributed by atoms with Gasteiger partial charge in [0.2, 0.25) is 0 Å². The molecule has 9 heteroatoms. The monoisotopic (exact) mass is 352 g/mol. The van der Waals surface area contributed by atoms with E-state index < -0.39 is 22.2 Å². The summed E-state index contributed by atoms with van der Waals surface area (Å²) in [5.41, 5.74) is 0.124. The second-order valence-electron chi connectivity index (χ2n) is 4.69. The van der Waals surface area contributed by atoms with Gasteiger partial charge in [0.15, 0.2) is 0 Å². The number of piperidine rings is 1. The predicted molar refractivity (Wildman–Crippen MR) is 81.0 cm³/mol. The maximum absolute atomic E-state index is 12.4. The van der Waals surface area contributed by atoms with Crippen LogP contribution in [0.2, 0.25) is 10.0 Å². The van der Waals surface area contributed by atoms with Crippen LogP contribution in [0.15, 0.2) is 18.2 Å². The Kier molecular flexibility index (Phi) is 4.98. The Morgan fingerprint density at radius 2 is 2.05 bits per heavy atom. The Bertz CT molecular complexity index is 651. The van der Waals surface area contributed by atoms with Crippen LogP contribution < -0.4 is 4.72 Å². The minimum absolute atomic E-state index is 0.124. The summed E-state index contributed by atoms with van der Waals surface area (Å²) in [6.45, 7) is 0.157. The Hall–Kier alpha value is -1.02. The smallest absolute Gasteiger partial charge is 0.322 e. The Morgan fingerprint density at radius 1 is 1.33 bits per heavy atom. The third kappa shape index (κ3) is 3.79. The van der Waals surface area contributed by atoms with E-state index in [0.29, 0.717) is 24.3 Å². The van der Waals surface area contributed by atoms with E-state index in [1.165, 1.54) is 18.2 Å².